The molecule has 0 aliphatic carbocycles. The molecule has 2 rings (SSSR count). The number of anilines is 1. The molecule has 0 saturated heterocycles. The summed E-state index contributed by atoms with van der Waals surface area (Å²) in [6.45, 7) is 3.62. The van der Waals surface area contributed by atoms with Gasteiger partial charge in [0.05, 0.1) is 30.5 Å². The zero-order chi connectivity index (χ0) is 18.4. The summed E-state index contributed by atoms with van der Waals surface area (Å²) in [6, 6.07) is 7.18. The van der Waals surface area contributed by atoms with Gasteiger partial charge in [0.1, 0.15) is 10.6 Å². The summed E-state index contributed by atoms with van der Waals surface area (Å²) in [5.41, 5.74) is 9.81. The Balaban J connectivity index is 2.10. The number of nitrogens with two attached hydrogens (primary N) is 1. The molecule has 132 valence electrons. The van der Waals surface area contributed by atoms with Gasteiger partial charge >= 0.3 is 5.97 Å². The molecule has 1 amide bonds. The highest BCUT2D eigenvalue weighted by Crippen LogP contribution is 2.31. The average molecular weight is 361 g/mol. The molecule has 0 fully saturated rings. The Hall–Kier alpha value is -2.87. The summed E-state index contributed by atoms with van der Waals surface area (Å²) in [7, 11) is 1.58. The van der Waals surface area contributed by atoms with Crippen LogP contribution in [0, 0.1) is 6.92 Å². The van der Waals surface area contributed by atoms with E-state index in [1.54, 1.807) is 45.2 Å². The van der Waals surface area contributed by atoms with E-state index in [0.29, 0.717) is 10.4 Å². The Morgan fingerprint density at radius 1 is 1.32 bits per heavy atom. The van der Waals surface area contributed by atoms with Crippen molar-refractivity contribution in [3.05, 3.63) is 45.8 Å². The topological polar surface area (TPSA) is 103 Å². The second kappa shape index (κ2) is 8.29. The summed E-state index contributed by atoms with van der Waals surface area (Å²) in [5, 5.41) is 4.16. The van der Waals surface area contributed by atoms with Gasteiger partial charge in [0.2, 0.25) is 0 Å². The second-order valence-corrected chi connectivity index (χ2v) is 6.04. The monoisotopic (exact) mass is 361 g/mol. The number of nitrogen functional groups attached to an aromatic ring is 1. The molecule has 0 saturated carbocycles. The van der Waals surface area contributed by atoms with Crippen molar-refractivity contribution in [3.63, 3.8) is 0 Å². The molecule has 0 bridgehead atoms. The molecule has 0 aliphatic rings. The summed E-state index contributed by atoms with van der Waals surface area (Å²) >= 11 is 1.03. The third-order valence-electron chi connectivity index (χ3n) is 3.36. The van der Waals surface area contributed by atoms with Gasteiger partial charge in [-0.2, -0.15) is 5.10 Å². The van der Waals surface area contributed by atoms with Gasteiger partial charge in [0.15, 0.2) is 0 Å². The number of hydrogen-bond donors (Lipinski definition) is 2. The number of ether oxygens (including phenoxy) is 2. The minimum atomic E-state index is -0.488. The van der Waals surface area contributed by atoms with E-state index in [9.17, 15) is 9.59 Å². The first kappa shape index (κ1) is 18.5. The maximum Gasteiger partial charge on any atom is 0.348 e. The third-order valence-corrected chi connectivity index (χ3v) is 4.46. The third kappa shape index (κ3) is 4.36. The lowest BCUT2D eigenvalue weighted by Gasteiger charge is -2.02. The molecule has 0 radical (unpaired) electrons. The van der Waals surface area contributed by atoms with Crippen molar-refractivity contribution in [2.24, 2.45) is 5.10 Å². The Morgan fingerprint density at radius 3 is 2.60 bits per heavy atom. The number of amides is 1. The maximum atomic E-state index is 12.3. The molecule has 2 aromatic rings. The van der Waals surface area contributed by atoms with Crippen molar-refractivity contribution in [2.45, 2.75) is 13.8 Å². The van der Waals surface area contributed by atoms with E-state index in [-0.39, 0.29) is 17.2 Å². The Kier molecular flexibility index (Phi) is 6.13. The van der Waals surface area contributed by atoms with Gasteiger partial charge in [-0.05, 0) is 49.2 Å². The molecule has 0 spiro atoms. The first-order valence-corrected chi connectivity index (χ1v) is 8.33. The van der Waals surface area contributed by atoms with Gasteiger partial charge in [-0.25, -0.2) is 10.2 Å². The molecule has 0 atom stereocenters. The van der Waals surface area contributed by atoms with Crippen LogP contribution in [0.3, 0.4) is 0 Å². The number of esters is 1. The smallest absolute Gasteiger partial charge is 0.348 e. The van der Waals surface area contributed by atoms with Crippen molar-refractivity contribution in [1.82, 2.24) is 5.43 Å². The largest absolute Gasteiger partial charge is 0.497 e. The fourth-order valence-electron chi connectivity index (χ4n) is 2.12. The second-order valence-electron chi connectivity index (χ2n) is 4.99. The highest BCUT2D eigenvalue weighted by atomic mass is 32.1. The number of hydrogen-bond acceptors (Lipinski definition) is 7. The lowest BCUT2D eigenvalue weighted by atomic mass is 10.1. The molecule has 8 heteroatoms. The number of thiophene rings is 1. The van der Waals surface area contributed by atoms with Crippen molar-refractivity contribution in [3.8, 4) is 5.75 Å². The van der Waals surface area contributed by atoms with E-state index in [1.807, 2.05) is 0 Å². The van der Waals surface area contributed by atoms with Gasteiger partial charge in [0.25, 0.3) is 5.91 Å². The predicted octanol–water partition coefficient (Wildman–Crippen LogP) is 2.59. The SMILES string of the molecule is CCOC(=O)c1sc(N)c(C(=O)N/N=C/c2ccc(OC)cc2)c1C. The Bertz CT molecular complexity index is 797. The Morgan fingerprint density at radius 2 is 2.00 bits per heavy atom. The number of carbonyl (C=O) groups excluding carboxylic acids is 2. The van der Waals surface area contributed by atoms with E-state index in [2.05, 4.69) is 10.5 Å². The van der Waals surface area contributed by atoms with Crippen LogP contribution in [0.25, 0.3) is 0 Å². The van der Waals surface area contributed by atoms with Gasteiger partial charge in [0, 0.05) is 0 Å². The summed E-state index contributed by atoms with van der Waals surface area (Å²) in [4.78, 5) is 24.5. The Labute approximate surface area is 149 Å². The fraction of sp³-hybridized carbons (Fsp3) is 0.235. The molecule has 0 unspecified atom stereocenters. The molecular weight excluding hydrogens is 342 g/mol. The maximum absolute atomic E-state index is 12.3. The van der Waals surface area contributed by atoms with Crippen molar-refractivity contribution >= 4 is 34.4 Å². The molecular formula is C17H19N3O4S. The van der Waals surface area contributed by atoms with Crippen LogP contribution in [-0.4, -0.2) is 31.8 Å². The lowest BCUT2D eigenvalue weighted by molar-refractivity contribution is 0.0531. The molecule has 1 aromatic heterocycles. The molecule has 1 aromatic carbocycles. The summed E-state index contributed by atoms with van der Waals surface area (Å²) in [5.74, 6) is -0.238. The average Bonchev–Trinajstić information content (AvgIpc) is 2.90. The van der Waals surface area contributed by atoms with Crippen LogP contribution in [0.15, 0.2) is 29.4 Å². The van der Waals surface area contributed by atoms with Gasteiger partial charge in [-0.15, -0.1) is 11.3 Å². The molecule has 1 heterocycles. The highest BCUT2D eigenvalue weighted by Gasteiger charge is 2.23. The number of nitrogens with one attached hydrogen (secondary N) is 1. The van der Waals surface area contributed by atoms with Crippen LogP contribution in [0.5, 0.6) is 5.75 Å². The molecule has 7 nitrogen and oxygen atoms in total. The van der Waals surface area contributed by atoms with Crippen LogP contribution in [0.4, 0.5) is 5.00 Å². The van der Waals surface area contributed by atoms with Crippen LogP contribution in [0.1, 0.15) is 38.1 Å². The highest BCUT2D eigenvalue weighted by molar-refractivity contribution is 7.18. The van der Waals surface area contributed by atoms with Gasteiger partial charge < -0.3 is 15.2 Å². The number of rotatable bonds is 6. The summed E-state index contributed by atoms with van der Waals surface area (Å²) < 4.78 is 10.0. The molecule has 0 aliphatic heterocycles. The first-order valence-electron chi connectivity index (χ1n) is 7.51. The van der Waals surface area contributed by atoms with E-state index in [1.165, 1.54) is 6.21 Å². The van der Waals surface area contributed by atoms with E-state index in [4.69, 9.17) is 15.2 Å². The van der Waals surface area contributed by atoms with E-state index < -0.39 is 11.9 Å². The van der Waals surface area contributed by atoms with Gasteiger partial charge in [-0.3, -0.25) is 4.79 Å². The minimum Gasteiger partial charge on any atom is -0.497 e. The van der Waals surface area contributed by atoms with Crippen LogP contribution in [0.2, 0.25) is 0 Å². The minimum absolute atomic E-state index is 0.236. The normalized spacial score (nSPS) is 10.7. The van der Waals surface area contributed by atoms with Crippen molar-refractivity contribution < 1.29 is 19.1 Å². The van der Waals surface area contributed by atoms with Crippen molar-refractivity contribution in [1.29, 1.82) is 0 Å². The lowest BCUT2D eigenvalue weighted by Crippen LogP contribution is -2.19. The zero-order valence-corrected chi connectivity index (χ0v) is 15.0. The van der Waals surface area contributed by atoms with Crippen LogP contribution >= 0.6 is 11.3 Å². The van der Waals surface area contributed by atoms with Crippen LogP contribution in [-0.2, 0) is 4.74 Å². The first-order chi connectivity index (χ1) is 12.0. The zero-order valence-electron chi connectivity index (χ0n) is 14.2. The number of methoxy groups -OCH3 is 1. The van der Waals surface area contributed by atoms with Crippen molar-refractivity contribution in [2.75, 3.05) is 19.5 Å². The van der Waals surface area contributed by atoms with Crippen LogP contribution < -0.4 is 15.9 Å². The quantitative estimate of drug-likeness (QED) is 0.468. The predicted molar refractivity (Wildman–Crippen MR) is 97.5 cm³/mol. The standard InChI is InChI=1S/C17H19N3O4S/c1-4-24-17(22)14-10(2)13(15(18)25-14)16(21)20-19-9-11-5-7-12(23-3)8-6-11/h5-9H,4,18H2,1-3H3,(H,20,21)/b19-9+. The summed E-state index contributed by atoms with van der Waals surface area (Å²) in [6.07, 6.45) is 1.50. The number of benzene rings is 1. The van der Waals surface area contributed by atoms with Gasteiger partial charge in [-0.1, -0.05) is 0 Å². The van der Waals surface area contributed by atoms with E-state index >= 15 is 0 Å². The fourth-order valence-corrected chi connectivity index (χ4v) is 3.09. The van der Waals surface area contributed by atoms with E-state index in [0.717, 1.165) is 22.6 Å². The number of carbonyl (C=O) groups is 2. The molecule has 3 N–H and O–H groups in total. The number of nitrogens with zero attached hydrogens (tertiary/aromatic N) is 1. The number of hydrazone groups is 1. The molecule has 25 heavy (non-hydrogen) atoms.